The van der Waals surface area contributed by atoms with Gasteiger partial charge in [-0.25, -0.2) is 4.39 Å². The van der Waals surface area contributed by atoms with Crippen LogP contribution in [0.25, 0.3) is 6.08 Å². The molecule has 1 aliphatic rings. The molecule has 19 heavy (non-hydrogen) atoms. The van der Waals surface area contributed by atoms with Gasteiger partial charge < -0.3 is 0 Å². The van der Waals surface area contributed by atoms with Crippen LogP contribution in [-0.2, 0) is 11.0 Å². The maximum Gasteiger partial charge on any atom is 0.417 e. The lowest BCUT2D eigenvalue weighted by Crippen LogP contribution is -2.18. The lowest BCUT2D eigenvalue weighted by Gasteiger charge is -2.10. The highest BCUT2D eigenvalue weighted by atomic mass is 32.2. The smallest absolute Gasteiger partial charge is 0.282 e. The molecule has 0 atom stereocenters. The summed E-state index contributed by atoms with van der Waals surface area (Å²) in [7, 11) is 0. The van der Waals surface area contributed by atoms with E-state index in [0.717, 1.165) is 18.2 Å². The van der Waals surface area contributed by atoms with E-state index in [-0.39, 0.29) is 4.91 Å². The average Bonchev–Trinajstić information content (AvgIpc) is 2.59. The van der Waals surface area contributed by atoms with Gasteiger partial charge in [-0.3, -0.25) is 14.9 Å². The predicted octanol–water partition coefficient (Wildman–Crippen LogP) is 3.17. The molecule has 1 N–H and O–H groups in total. The Morgan fingerprint density at radius 1 is 1.21 bits per heavy atom. The van der Waals surface area contributed by atoms with Crippen LogP contribution in [0.15, 0.2) is 23.1 Å². The zero-order valence-electron chi connectivity index (χ0n) is 9.05. The number of hydrogen-bond acceptors (Lipinski definition) is 3. The van der Waals surface area contributed by atoms with Gasteiger partial charge in [0.1, 0.15) is 5.82 Å². The van der Waals surface area contributed by atoms with Crippen LogP contribution in [0.1, 0.15) is 11.1 Å². The van der Waals surface area contributed by atoms with Crippen molar-refractivity contribution in [3.05, 3.63) is 40.0 Å². The Bertz CT molecular complexity index is 595. The van der Waals surface area contributed by atoms with Crippen molar-refractivity contribution in [1.82, 2.24) is 5.32 Å². The molecule has 1 aliphatic heterocycles. The third kappa shape index (κ3) is 2.78. The van der Waals surface area contributed by atoms with E-state index in [9.17, 15) is 27.2 Å². The fourth-order valence-corrected chi connectivity index (χ4v) is 2.15. The van der Waals surface area contributed by atoms with Gasteiger partial charge in [0.05, 0.1) is 10.5 Å². The molecule has 0 aromatic heterocycles. The molecule has 0 radical (unpaired) electrons. The molecule has 8 heteroatoms. The molecule has 0 bridgehead atoms. The lowest BCUT2D eigenvalue weighted by molar-refractivity contribution is -0.138. The van der Waals surface area contributed by atoms with Crippen molar-refractivity contribution in [1.29, 1.82) is 0 Å². The largest absolute Gasteiger partial charge is 0.417 e. The molecule has 100 valence electrons. The summed E-state index contributed by atoms with van der Waals surface area (Å²) in [4.78, 5) is 21.9. The number of hydrogen-bond donors (Lipinski definition) is 1. The molecule has 0 saturated carbocycles. The van der Waals surface area contributed by atoms with Gasteiger partial charge in [-0.05, 0) is 30.0 Å². The second-order valence-corrected chi connectivity index (χ2v) is 4.57. The number of amides is 2. The normalized spacial score (nSPS) is 18.0. The minimum absolute atomic E-state index is 0.277. The van der Waals surface area contributed by atoms with Gasteiger partial charge in [0.2, 0.25) is 0 Å². The summed E-state index contributed by atoms with van der Waals surface area (Å²) in [6.07, 6.45) is -4.03. The number of halogens is 4. The van der Waals surface area contributed by atoms with E-state index in [4.69, 9.17) is 0 Å². The molecule has 1 fully saturated rings. The van der Waals surface area contributed by atoms with Crippen LogP contribution in [0.3, 0.4) is 0 Å². The zero-order chi connectivity index (χ0) is 14.2. The first-order valence-corrected chi connectivity index (χ1v) is 5.71. The number of benzene rings is 1. The Morgan fingerprint density at radius 2 is 1.89 bits per heavy atom. The van der Waals surface area contributed by atoms with E-state index < -0.39 is 34.3 Å². The van der Waals surface area contributed by atoms with E-state index in [1.807, 2.05) is 5.32 Å². The summed E-state index contributed by atoms with van der Waals surface area (Å²) < 4.78 is 51.6. The maximum atomic E-state index is 13.5. The van der Waals surface area contributed by atoms with E-state index in [0.29, 0.717) is 17.8 Å². The Kier molecular flexibility index (Phi) is 3.36. The van der Waals surface area contributed by atoms with E-state index in [2.05, 4.69) is 0 Å². The summed E-state index contributed by atoms with van der Waals surface area (Å²) in [5.74, 6) is -1.96. The lowest BCUT2D eigenvalue weighted by atomic mass is 10.1. The van der Waals surface area contributed by atoms with Crippen LogP contribution in [0, 0.1) is 5.82 Å². The number of carbonyl (C=O) groups excluding carboxylic acids is 2. The number of nitrogens with one attached hydrogen (secondary N) is 1. The quantitative estimate of drug-likeness (QED) is 0.638. The summed E-state index contributed by atoms with van der Waals surface area (Å²) in [5, 5.41) is 1.17. The Balaban J connectivity index is 2.54. The van der Waals surface area contributed by atoms with Crippen LogP contribution >= 0.6 is 11.8 Å². The van der Waals surface area contributed by atoms with Gasteiger partial charge in [-0.2, -0.15) is 13.2 Å². The molecule has 1 heterocycles. The second kappa shape index (κ2) is 4.69. The van der Waals surface area contributed by atoms with Crippen molar-refractivity contribution in [2.24, 2.45) is 0 Å². The topological polar surface area (TPSA) is 46.2 Å². The molecular weight excluding hydrogens is 286 g/mol. The highest BCUT2D eigenvalue weighted by Gasteiger charge is 2.35. The molecule has 3 nitrogen and oxygen atoms in total. The molecule has 1 aromatic carbocycles. The molecule has 1 saturated heterocycles. The van der Waals surface area contributed by atoms with Crippen molar-refractivity contribution in [3.63, 3.8) is 0 Å². The molecule has 2 rings (SSSR count). The van der Waals surface area contributed by atoms with Crippen molar-refractivity contribution in [3.8, 4) is 0 Å². The predicted molar refractivity (Wildman–Crippen MR) is 60.5 cm³/mol. The Morgan fingerprint density at radius 3 is 2.42 bits per heavy atom. The fourth-order valence-electron chi connectivity index (χ4n) is 1.48. The number of rotatable bonds is 1. The molecule has 0 unspecified atom stereocenters. The first-order chi connectivity index (χ1) is 8.79. The number of imide groups is 1. The minimum Gasteiger partial charge on any atom is -0.282 e. The molecule has 0 aliphatic carbocycles. The van der Waals surface area contributed by atoms with Gasteiger partial charge in [0, 0.05) is 5.56 Å². The van der Waals surface area contributed by atoms with Crippen LogP contribution in [0.5, 0.6) is 0 Å². The highest BCUT2D eigenvalue weighted by Crippen LogP contribution is 2.35. The van der Waals surface area contributed by atoms with Gasteiger partial charge >= 0.3 is 6.18 Å². The van der Waals surface area contributed by atoms with Crippen molar-refractivity contribution >= 4 is 29.0 Å². The number of thioether (sulfide) groups is 1. The Hall–Kier alpha value is -1.83. The first-order valence-electron chi connectivity index (χ1n) is 4.89. The summed E-state index contributed by atoms with van der Waals surface area (Å²) in [6.45, 7) is 0. The summed E-state index contributed by atoms with van der Waals surface area (Å²) in [5.41, 5.74) is -1.96. The second-order valence-electron chi connectivity index (χ2n) is 3.55. The van der Waals surface area contributed by atoms with Gasteiger partial charge in [-0.1, -0.05) is 6.07 Å². The summed E-state index contributed by atoms with van der Waals surface area (Å²) >= 11 is 0.424. The van der Waals surface area contributed by atoms with Gasteiger partial charge in [0.15, 0.2) is 0 Å². The van der Waals surface area contributed by atoms with Crippen LogP contribution in [0.4, 0.5) is 22.4 Å². The SMILES string of the molecule is O=C1NC(=O)C(=Cc2c(F)cccc2C(F)(F)F)S1. The van der Waals surface area contributed by atoms with Crippen molar-refractivity contribution in [2.75, 3.05) is 0 Å². The molecule has 2 amide bonds. The molecule has 0 spiro atoms. The van der Waals surface area contributed by atoms with Crippen molar-refractivity contribution in [2.45, 2.75) is 6.18 Å². The third-order valence-corrected chi connectivity index (χ3v) is 3.09. The van der Waals surface area contributed by atoms with Crippen molar-refractivity contribution < 1.29 is 27.2 Å². The zero-order valence-corrected chi connectivity index (χ0v) is 9.86. The average molecular weight is 291 g/mol. The molecule has 1 aromatic rings. The highest BCUT2D eigenvalue weighted by molar-refractivity contribution is 8.18. The number of alkyl halides is 3. The fraction of sp³-hybridized carbons (Fsp3) is 0.0909. The summed E-state index contributed by atoms with van der Waals surface area (Å²) in [6, 6.07) is 2.48. The van der Waals surface area contributed by atoms with E-state index in [1.54, 1.807) is 0 Å². The van der Waals surface area contributed by atoms with E-state index >= 15 is 0 Å². The monoisotopic (exact) mass is 291 g/mol. The molecular formula is C11H5F4NO2S. The standard InChI is InChI=1S/C11H5F4NO2S/c12-7-3-1-2-6(11(13,14)15)5(7)4-8-9(17)16-10(18)19-8/h1-4H,(H,16,17,18). The van der Waals surface area contributed by atoms with Crippen LogP contribution < -0.4 is 5.32 Å². The van der Waals surface area contributed by atoms with Crippen LogP contribution in [-0.4, -0.2) is 11.1 Å². The van der Waals surface area contributed by atoms with E-state index in [1.165, 1.54) is 0 Å². The Labute approximate surface area is 108 Å². The third-order valence-electron chi connectivity index (χ3n) is 2.28. The number of carbonyl (C=O) groups is 2. The maximum absolute atomic E-state index is 13.5. The first kappa shape index (κ1) is 13.6. The van der Waals surface area contributed by atoms with Gasteiger partial charge in [0.25, 0.3) is 11.1 Å². The minimum atomic E-state index is -4.75. The van der Waals surface area contributed by atoms with Gasteiger partial charge in [-0.15, -0.1) is 0 Å². The van der Waals surface area contributed by atoms with Crippen LogP contribution in [0.2, 0.25) is 0 Å².